The van der Waals surface area contributed by atoms with Crippen molar-refractivity contribution >= 4 is 0 Å². The van der Waals surface area contributed by atoms with Gasteiger partial charge in [-0.05, 0) is 31.1 Å². The van der Waals surface area contributed by atoms with Gasteiger partial charge >= 0.3 is 0 Å². The Hall–Kier alpha value is -0.0800. The lowest BCUT2D eigenvalue weighted by molar-refractivity contribution is 0.109. The molecule has 1 heterocycles. The molecule has 74 valence electrons. The summed E-state index contributed by atoms with van der Waals surface area (Å²) in [4.78, 5) is 0. The minimum absolute atomic E-state index is 0.796. The van der Waals surface area contributed by atoms with Gasteiger partial charge in [0.05, 0.1) is 0 Å². The molecule has 2 nitrogen and oxygen atoms in total. The molecule has 2 heteroatoms. The summed E-state index contributed by atoms with van der Waals surface area (Å²) in [7, 11) is 0. The van der Waals surface area contributed by atoms with E-state index in [1.54, 1.807) is 0 Å². The topological polar surface area (TPSA) is 24.1 Å². The van der Waals surface area contributed by atoms with Gasteiger partial charge < -0.3 is 10.6 Å². The minimum atomic E-state index is 0.796. The number of rotatable bonds is 2. The first-order valence-corrected chi connectivity index (χ1v) is 5.88. The summed E-state index contributed by atoms with van der Waals surface area (Å²) in [5, 5.41) is 7.16. The summed E-state index contributed by atoms with van der Waals surface area (Å²) < 4.78 is 0. The number of nitrogens with one attached hydrogen (secondary N) is 2. The summed E-state index contributed by atoms with van der Waals surface area (Å²) in [5.41, 5.74) is 0. The van der Waals surface area contributed by atoms with Gasteiger partial charge in [-0.1, -0.05) is 12.8 Å². The molecule has 0 spiro atoms. The SMILES string of the molecule is C1CC2CCC1CC2NC1CNC1. The fourth-order valence-corrected chi connectivity index (χ4v) is 3.29. The summed E-state index contributed by atoms with van der Waals surface area (Å²) in [6.07, 6.45) is 7.52. The zero-order valence-corrected chi connectivity index (χ0v) is 8.26. The maximum absolute atomic E-state index is 3.82. The molecule has 4 rings (SSSR count). The van der Waals surface area contributed by atoms with Crippen LogP contribution in [0.4, 0.5) is 0 Å². The maximum Gasteiger partial charge on any atom is 0.0320 e. The molecule has 4 fully saturated rings. The predicted octanol–water partition coefficient (Wildman–Crippen LogP) is 1.13. The molecule has 1 aliphatic heterocycles. The third-order valence-corrected chi connectivity index (χ3v) is 4.28. The highest BCUT2D eigenvalue weighted by Gasteiger charge is 2.36. The van der Waals surface area contributed by atoms with Gasteiger partial charge in [-0.3, -0.25) is 0 Å². The first-order valence-electron chi connectivity index (χ1n) is 5.88. The molecule has 1 saturated heterocycles. The minimum Gasteiger partial charge on any atom is -0.314 e. The first-order chi connectivity index (χ1) is 6.42. The Morgan fingerprint density at radius 2 is 1.77 bits per heavy atom. The predicted molar refractivity (Wildman–Crippen MR) is 53.6 cm³/mol. The van der Waals surface area contributed by atoms with Crippen molar-refractivity contribution in [1.82, 2.24) is 10.6 Å². The standard InChI is InChI=1S/C11H20N2/c1-3-9-4-2-8(1)5-11(9)13-10-6-12-7-10/h8-13H,1-7H2. The zero-order valence-electron chi connectivity index (χ0n) is 8.26. The smallest absolute Gasteiger partial charge is 0.0320 e. The van der Waals surface area contributed by atoms with Crippen LogP contribution >= 0.6 is 0 Å². The lowest BCUT2D eigenvalue weighted by atomic mass is 9.68. The average Bonchev–Trinajstić information content (AvgIpc) is 2.14. The van der Waals surface area contributed by atoms with E-state index in [1.807, 2.05) is 0 Å². The third-order valence-electron chi connectivity index (χ3n) is 4.28. The van der Waals surface area contributed by atoms with Crippen LogP contribution in [0.1, 0.15) is 32.1 Å². The van der Waals surface area contributed by atoms with Crippen molar-refractivity contribution in [2.75, 3.05) is 13.1 Å². The van der Waals surface area contributed by atoms with E-state index >= 15 is 0 Å². The van der Waals surface area contributed by atoms with E-state index in [-0.39, 0.29) is 0 Å². The number of hydrogen-bond donors (Lipinski definition) is 2. The van der Waals surface area contributed by atoms with E-state index in [4.69, 9.17) is 0 Å². The Morgan fingerprint density at radius 1 is 1.00 bits per heavy atom. The van der Waals surface area contributed by atoms with Crippen LogP contribution in [0.2, 0.25) is 0 Å². The Morgan fingerprint density at radius 3 is 2.23 bits per heavy atom. The molecule has 0 aromatic carbocycles. The van der Waals surface area contributed by atoms with Crippen molar-refractivity contribution < 1.29 is 0 Å². The van der Waals surface area contributed by atoms with Crippen molar-refractivity contribution in [2.24, 2.45) is 11.8 Å². The zero-order chi connectivity index (χ0) is 8.67. The monoisotopic (exact) mass is 180 g/mol. The van der Waals surface area contributed by atoms with Gasteiger partial charge in [0.25, 0.3) is 0 Å². The second-order valence-corrected chi connectivity index (χ2v) is 5.14. The van der Waals surface area contributed by atoms with Crippen LogP contribution in [-0.2, 0) is 0 Å². The molecule has 0 amide bonds. The van der Waals surface area contributed by atoms with E-state index in [0.29, 0.717) is 0 Å². The first kappa shape index (κ1) is 8.25. The molecule has 1 atom stereocenters. The summed E-state index contributed by atoms with van der Waals surface area (Å²) in [5.74, 6) is 2.08. The van der Waals surface area contributed by atoms with Crippen LogP contribution < -0.4 is 10.6 Å². The molecule has 2 bridgehead atoms. The molecule has 1 unspecified atom stereocenters. The Labute approximate surface area is 80.5 Å². The van der Waals surface area contributed by atoms with Gasteiger partial charge in [0.2, 0.25) is 0 Å². The van der Waals surface area contributed by atoms with Crippen LogP contribution in [0.5, 0.6) is 0 Å². The van der Waals surface area contributed by atoms with Gasteiger partial charge in [0, 0.05) is 25.2 Å². The van der Waals surface area contributed by atoms with Crippen molar-refractivity contribution in [3.63, 3.8) is 0 Å². The summed E-state index contributed by atoms with van der Waals surface area (Å²) in [6, 6.07) is 1.67. The van der Waals surface area contributed by atoms with Crippen molar-refractivity contribution in [3.8, 4) is 0 Å². The van der Waals surface area contributed by atoms with Gasteiger partial charge in [0.1, 0.15) is 0 Å². The van der Waals surface area contributed by atoms with Crippen molar-refractivity contribution in [2.45, 2.75) is 44.2 Å². The molecule has 3 saturated carbocycles. The second kappa shape index (κ2) is 3.25. The highest BCUT2D eigenvalue weighted by molar-refractivity contribution is 4.94. The van der Waals surface area contributed by atoms with Crippen molar-refractivity contribution in [3.05, 3.63) is 0 Å². The quantitative estimate of drug-likeness (QED) is 0.665. The van der Waals surface area contributed by atoms with Gasteiger partial charge in [0.15, 0.2) is 0 Å². The van der Waals surface area contributed by atoms with E-state index in [0.717, 1.165) is 23.9 Å². The van der Waals surface area contributed by atoms with Gasteiger partial charge in [-0.25, -0.2) is 0 Å². The molecule has 0 aromatic rings. The molecule has 2 N–H and O–H groups in total. The van der Waals surface area contributed by atoms with E-state index in [2.05, 4.69) is 10.6 Å². The van der Waals surface area contributed by atoms with Crippen LogP contribution in [-0.4, -0.2) is 25.2 Å². The van der Waals surface area contributed by atoms with Crippen LogP contribution in [0.3, 0.4) is 0 Å². The molecular formula is C11H20N2. The Bertz CT molecular complexity index is 181. The molecule has 0 radical (unpaired) electrons. The molecule has 4 aliphatic rings. The number of hydrogen-bond acceptors (Lipinski definition) is 2. The van der Waals surface area contributed by atoms with Gasteiger partial charge in [-0.15, -0.1) is 0 Å². The van der Waals surface area contributed by atoms with E-state index in [1.165, 1.54) is 45.2 Å². The molecule has 13 heavy (non-hydrogen) atoms. The highest BCUT2D eigenvalue weighted by Crippen LogP contribution is 2.41. The number of fused-ring (bicyclic) bond motifs is 3. The summed E-state index contributed by atoms with van der Waals surface area (Å²) >= 11 is 0. The van der Waals surface area contributed by atoms with Crippen LogP contribution in [0.25, 0.3) is 0 Å². The van der Waals surface area contributed by atoms with Crippen LogP contribution in [0.15, 0.2) is 0 Å². The Balaban J connectivity index is 1.58. The highest BCUT2D eigenvalue weighted by atomic mass is 15.1. The Kier molecular flexibility index (Phi) is 2.06. The largest absolute Gasteiger partial charge is 0.314 e. The summed E-state index contributed by atoms with van der Waals surface area (Å²) in [6.45, 7) is 2.40. The third kappa shape index (κ3) is 1.50. The molecule has 3 aliphatic carbocycles. The lowest BCUT2D eigenvalue weighted by Crippen LogP contribution is -2.60. The normalized spacial score (nSPS) is 44.8. The van der Waals surface area contributed by atoms with Crippen molar-refractivity contribution in [1.29, 1.82) is 0 Å². The maximum atomic E-state index is 3.82. The van der Waals surface area contributed by atoms with Crippen LogP contribution in [0, 0.1) is 11.8 Å². The fraction of sp³-hybridized carbons (Fsp3) is 1.00. The average molecular weight is 180 g/mol. The fourth-order valence-electron chi connectivity index (χ4n) is 3.29. The molecule has 0 aromatic heterocycles. The molecular weight excluding hydrogens is 160 g/mol. The van der Waals surface area contributed by atoms with Gasteiger partial charge in [-0.2, -0.15) is 0 Å². The lowest BCUT2D eigenvalue weighted by Gasteiger charge is -2.45. The van der Waals surface area contributed by atoms with E-state index < -0.39 is 0 Å². The second-order valence-electron chi connectivity index (χ2n) is 5.14. The van der Waals surface area contributed by atoms with E-state index in [9.17, 15) is 0 Å².